The number of hydrogen-bond donors (Lipinski definition) is 1. The van der Waals surface area contributed by atoms with Crippen molar-refractivity contribution in [2.75, 3.05) is 13.1 Å². The molecule has 0 aromatic heterocycles. The molecule has 0 bridgehead atoms. The lowest BCUT2D eigenvalue weighted by Crippen LogP contribution is -2.29. The molecule has 0 spiro atoms. The third-order valence-corrected chi connectivity index (χ3v) is 5.56. The molecule has 1 saturated carbocycles. The number of aryl methyl sites for hydroxylation is 1. The minimum absolute atomic E-state index is 0.0616. The van der Waals surface area contributed by atoms with Crippen molar-refractivity contribution in [3.05, 3.63) is 29.3 Å². The van der Waals surface area contributed by atoms with Gasteiger partial charge in [0.2, 0.25) is 10.0 Å². The summed E-state index contributed by atoms with van der Waals surface area (Å²) in [4.78, 5) is 14.5. The third kappa shape index (κ3) is 3.11. The van der Waals surface area contributed by atoms with Crippen LogP contribution in [0.15, 0.2) is 23.1 Å². The van der Waals surface area contributed by atoms with Gasteiger partial charge in [0.05, 0.1) is 4.90 Å². The van der Waals surface area contributed by atoms with Gasteiger partial charge in [-0.1, -0.05) is 6.07 Å². The third-order valence-electron chi connectivity index (χ3n) is 4.04. The Balaban J connectivity index is 1.90. The number of sulfonamides is 1. The van der Waals surface area contributed by atoms with Crippen LogP contribution >= 0.6 is 0 Å². The van der Waals surface area contributed by atoms with Crippen molar-refractivity contribution in [2.24, 2.45) is 0 Å². The van der Waals surface area contributed by atoms with Gasteiger partial charge in [-0.25, -0.2) is 13.1 Å². The molecule has 5 nitrogen and oxygen atoms in total. The first kappa shape index (κ1) is 14.5. The second kappa shape index (κ2) is 5.42. The molecule has 1 amide bonds. The summed E-state index contributed by atoms with van der Waals surface area (Å²) in [7, 11) is -3.51. The molecule has 1 aromatic rings. The molecule has 1 saturated heterocycles. The summed E-state index contributed by atoms with van der Waals surface area (Å²) in [5.41, 5.74) is 1.31. The summed E-state index contributed by atoms with van der Waals surface area (Å²) in [6.45, 7) is 3.36. The van der Waals surface area contributed by atoms with Gasteiger partial charge in [0.25, 0.3) is 5.91 Å². The Morgan fingerprint density at radius 1 is 1.24 bits per heavy atom. The maximum atomic E-state index is 12.5. The number of hydrogen-bond acceptors (Lipinski definition) is 3. The summed E-state index contributed by atoms with van der Waals surface area (Å²) in [6, 6.07) is 4.86. The summed E-state index contributed by atoms with van der Waals surface area (Å²) < 4.78 is 27.2. The zero-order chi connectivity index (χ0) is 15.0. The molecule has 2 fully saturated rings. The van der Waals surface area contributed by atoms with E-state index in [0.717, 1.165) is 44.3 Å². The van der Waals surface area contributed by atoms with Gasteiger partial charge in [-0.15, -0.1) is 0 Å². The van der Waals surface area contributed by atoms with Gasteiger partial charge in [-0.3, -0.25) is 4.79 Å². The van der Waals surface area contributed by atoms with Crippen molar-refractivity contribution >= 4 is 15.9 Å². The molecule has 0 radical (unpaired) electrons. The van der Waals surface area contributed by atoms with Crippen molar-refractivity contribution in [1.82, 2.24) is 9.62 Å². The van der Waals surface area contributed by atoms with E-state index in [4.69, 9.17) is 0 Å². The summed E-state index contributed by atoms with van der Waals surface area (Å²) in [5, 5.41) is 0. The molecular formula is C15H20N2O3S. The maximum Gasteiger partial charge on any atom is 0.254 e. The maximum absolute atomic E-state index is 12.5. The number of likely N-dealkylation sites (tertiary alicyclic amines) is 1. The van der Waals surface area contributed by atoms with E-state index in [9.17, 15) is 13.2 Å². The van der Waals surface area contributed by atoms with Crippen LogP contribution in [0, 0.1) is 6.92 Å². The molecule has 0 atom stereocenters. The standard InChI is InChI=1S/C15H20N2O3S/c1-11-4-7-13(21(19,20)16-12-5-6-12)10-14(11)15(18)17-8-2-3-9-17/h4,7,10,12,16H,2-3,5-6,8-9H2,1H3. The molecular weight excluding hydrogens is 288 g/mol. The van der Waals surface area contributed by atoms with Gasteiger partial charge in [0, 0.05) is 24.7 Å². The monoisotopic (exact) mass is 308 g/mol. The van der Waals surface area contributed by atoms with Crippen LogP contribution in [0.2, 0.25) is 0 Å². The highest BCUT2D eigenvalue weighted by molar-refractivity contribution is 7.89. The Labute approximate surface area is 125 Å². The van der Waals surface area contributed by atoms with E-state index in [1.165, 1.54) is 6.07 Å². The van der Waals surface area contributed by atoms with Crippen LogP contribution in [-0.4, -0.2) is 38.4 Å². The Bertz CT molecular complexity index is 659. The van der Waals surface area contributed by atoms with E-state index in [1.54, 1.807) is 17.0 Å². The number of rotatable bonds is 4. The summed E-state index contributed by atoms with van der Waals surface area (Å²) in [5.74, 6) is -0.0616. The van der Waals surface area contributed by atoms with Crippen LogP contribution in [0.1, 0.15) is 41.6 Å². The number of benzene rings is 1. The molecule has 1 aliphatic carbocycles. The van der Waals surface area contributed by atoms with Crippen LogP contribution in [0.5, 0.6) is 0 Å². The topological polar surface area (TPSA) is 66.5 Å². The normalized spacial score (nSPS) is 19.0. The van der Waals surface area contributed by atoms with Crippen LogP contribution in [0.4, 0.5) is 0 Å². The average Bonchev–Trinajstić information content (AvgIpc) is 3.07. The predicted octanol–water partition coefficient (Wildman–Crippen LogP) is 1.67. The van der Waals surface area contributed by atoms with E-state index >= 15 is 0 Å². The van der Waals surface area contributed by atoms with Crippen LogP contribution in [-0.2, 0) is 10.0 Å². The largest absolute Gasteiger partial charge is 0.339 e. The fraction of sp³-hybridized carbons (Fsp3) is 0.533. The molecule has 21 heavy (non-hydrogen) atoms. The minimum atomic E-state index is -3.51. The molecule has 1 heterocycles. The number of carbonyl (C=O) groups is 1. The number of amides is 1. The van der Waals surface area contributed by atoms with Crippen LogP contribution in [0.25, 0.3) is 0 Å². The summed E-state index contributed by atoms with van der Waals surface area (Å²) in [6.07, 6.45) is 3.83. The van der Waals surface area contributed by atoms with Gasteiger partial charge in [0.1, 0.15) is 0 Å². The molecule has 114 valence electrons. The number of nitrogens with zero attached hydrogens (tertiary/aromatic N) is 1. The Morgan fingerprint density at radius 3 is 2.52 bits per heavy atom. The van der Waals surface area contributed by atoms with Crippen molar-refractivity contribution < 1.29 is 13.2 Å². The van der Waals surface area contributed by atoms with Gasteiger partial charge < -0.3 is 4.90 Å². The van der Waals surface area contributed by atoms with Crippen molar-refractivity contribution in [3.63, 3.8) is 0 Å². The van der Waals surface area contributed by atoms with Crippen LogP contribution in [0.3, 0.4) is 0 Å². The second-order valence-corrected chi connectivity index (χ2v) is 7.59. The smallest absolute Gasteiger partial charge is 0.254 e. The molecule has 3 rings (SSSR count). The van der Waals surface area contributed by atoms with E-state index in [2.05, 4.69) is 4.72 Å². The second-order valence-electron chi connectivity index (χ2n) is 5.87. The molecule has 1 aliphatic heterocycles. The minimum Gasteiger partial charge on any atom is -0.339 e. The Morgan fingerprint density at radius 2 is 1.90 bits per heavy atom. The number of carbonyl (C=O) groups excluding carboxylic acids is 1. The SMILES string of the molecule is Cc1ccc(S(=O)(=O)NC2CC2)cc1C(=O)N1CCCC1. The average molecular weight is 308 g/mol. The first-order valence-corrected chi connectivity index (χ1v) is 8.88. The number of nitrogens with one attached hydrogen (secondary N) is 1. The van der Waals surface area contributed by atoms with E-state index in [-0.39, 0.29) is 16.8 Å². The molecule has 2 aliphatic rings. The summed E-state index contributed by atoms with van der Waals surface area (Å²) >= 11 is 0. The fourth-order valence-electron chi connectivity index (χ4n) is 2.58. The van der Waals surface area contributed by atoms with Crippen molar-refractivity contribution in [3.8, 4) is 0 Å². The van der Waals surface area contributed by atoms with Gasteiger partial charge in [0.15, 0.2) is 0 Å². The lowest BCUT2D eigenvalue weighted by molar-refractivity contribution is 0.0792. The van der Waals surface area contributed by atoms with Gasteiger partial charge in [-0.05, 0) is 50.3 Å². The van der Waals surface area contributed by atoms with Gasteiger partial charge in [-0.2, -0.15) is 0 Å². The van der Waals surface area contributed by atoms with Crippen molar-refractivity contribution in [2.45, 2.75) is 43.5 Å². The van der Waals surface area contributed by atoms with Crippen molar-refractivity contribution in [1.29, 1.82) is 0 Å². The Kier molecular flexibility index (Phi) is 3.75. The first-order chi connectivity index (χ1) is 9.97. The first-order valence-electron chi connectivity index (χ1n) is 7.39. The highest BCUT2D eigenvalue weighted by Crippen LogP contribution is 2.24. The van der Waals surface area contributed by atoms with Gasteiger partial charge >= 0.3 is 0 Å². The molecule has 0 unspecified atom stereocenters. The fourth-order valence-corrected chi connectivity index (χ4v) is 3.91. The quantitative estimate of drug-likeness (QED) is 0.920. The Hall–Kier alpha value is -1.40. The molecule has 6 heteroatoms. The highest BCUT2D eigenvalue weighted by Gasteiger charge is 2.29. The predicted molar refractivity (Wildman–Crippen MR) is 79.7 cm³/mol. The highest BCUT2D eigenvalue weighted by atomic mass is 32.2. The van der Waals surface area contributed by atoms with E-state index in [0.29, 0.717) is 5.56 Å². The zero-order valence-electron chi connectivity index (χ0n) is 12.1. The molecule has 1 aromatic carbocycles. The molecule has 1 N–H and O–H groups in total. The van der Waals surface area contributed by atoms with E-state index in [1.807, 2.05) is 6.92 Å². The van der Waals surface area contributed by atoms with Crippen LogP contribution < -0.4 is 4.72 Å². The lowest BCUT2D eigenvalue weighted by atomic mass is 10.1. The van der Waals surface area contributed by atoms with E-state index < -0.39 is 10.0 Å². The lowest BCUT2D eigenvalue weighted by Gasteiger charge is -2.17. The zero-order valence-corrected chi connectivity index (χ0v) is 12.9.